The number of halogens is 1. The van der Waals surface area contributed by atoms with E-state index in [0.717, 1.165) is 25.1 Å². The molecule has 0 radical (unpaired) electrons. The van der Waals surface area contributed by atoms with E-state index in [2.05, 4.69) is 16.4 Å². The molecule has 0 spiro atoms. The topological polar surface area (TPSA) is 33.2 Å². The summed E-state index contributed by atoms with van der Waals surface area (Å²) in [5.74, 6) is -0.0154. The molecule has 1 atom stereocenters. The summed E-state index contributed by atoms with van der Waals surface area (Å²) in [4.78, 5) is 20.0. The molecule has 1 aliphatic heterocycles. The minimum atomic E-state index is -0.0154. The molecule has 5 heteroatoms. The zero-order valence-electron chi connectivity index (χ0n) is 11.2. The van der Waals surface area contributed by atoms with E-state index in [4.69, 9.17) is 11.6 Å². The number of aromatic nitrogens is 1. The zero-order valence-corrected chi connectivity index (χ0v) is 12.7. The van der Waals surface area contributed by atoms with Crippen LogP contribution in [0.25, 0.3) is 0 Å². The number of nitrogens with zero attached hydrogens (tertiary/aromatic N) is 2. The predicted octanol–water partition coefficient (Wildman–Crippen LogP) is 4.08. The van der Waals surface area contributed by atoms with Gasteiger partial charge in [-0.2, -0.15) is 0 Å². The summed E-state index contributed by atoms with van der Waals surface area (Å²) >= 11 is 7.89. The molecule has 104 valence electrons. The van der Waals surface area contributed by atoms with Gasteiger partial charge in [-0.15, -0.1) is 11.3 Å². The highest BCUT2D eigenvalue weighted by Gasteiger charge is 2.32. The van der Waals surface area contributed by atoms with Crippen LogP contribution in [0, 0.1) is 6.92 Å². The normalized spacial score (nSPS) is 18.5. The van der Waals surface area contributed by atoms with E-state index in [0.29, 0.717) is 10.6 Å². The van der Waals surface area contributed by atoms with Crippen molar-refractivity contribution in [1.82, 2.24) is 9.88 Å². The van der Waals surface area contributed by atoms with E-state index in [1.807, 2.05) is 17.9 Å². The van der Waals surface area contributed by atoms with Crippen molar-refractivity contribution in [3.05, 3.63) is 50.9 Å². The number of pyridine rings is 1. The maximum absolute atomic E-state index is 12.7. The molecule has 20 heavy (non-hydrogen) atoms. The van der Waals surface area contributed by atoms with Crippen LogP contribution in [0.5, 0.6) is 0 Å². The lowest BCUT2D eigenvalue weighted by Crippen LogP contribution is -2.30. The molecule has 1 saturated heterocycles. The van der Waals surface area contributed by atoms with Crippen LogP contribution in [0.3, 0.4) is 0 Å². The van der Waals surface area contributed by atoms with E-state index >= 15 is 0 Å². The van der Waals surface area contributed by atoms with Gasteiger partial charge in [0, 0.05) is 23.3 Å². The molecule has 0 aliphatic carbocycles. The number of thiophene rings is 1. The molecule has 1 aliphatic rings. The Morgan fingerprint density at radius 3 is 3.10 bits per heavy atom. The fraction of sp³-hybridized carbons (Fsp3) is 0.333. The molecule has 0 aromatic carbocycles. The number of hydrogen-bond donors (Lipinski definition) is 0. The Kier molecular flexibility index (Phi) is 3.76. The summed E-state index contributed by atoms with van der Waals surface area (Å²) in [6.07, 6.45) is 3.64. The number of carbonyl (C=O) groups excluding carboxylic acids is 1. The van der Waals surface area contributed by atoms with Crippen LogP contribution in [0.1, 0.15) is 39.8 Å². The molecule has 1 amide bonds. The van der Waals surface area contributed by atoms with Crippen molar-refractivity contribution in [1.29, 1.82) is 0 Å². The molecule has 0 saturated carbocycles. The van der Waals surface area contributed by atoms with E-state index in [9.17, 15) is 4.79 Å². The number of amides is 1. The third kappa shape index (κ3) is 2.45. The van der Waals surface area contributed by atoms with Crippen molar-refractivity contribution in [3.8, 4) is 0 Å². The summed E-state index contributed by atoms with van der Waals surface area (Å²) < 4.78 is 0. The van der Waals surface area contributed by atoms with Crippen LogP contribution in [0.4, 0.5) is 0 Å². The van der Waals surface area contributed by atoms with E-state index in [1.54, 1.807) is 23.6 Å². The van der Waals surface area contributed by atoms with Crippen molar-refractivity contribution in [3.63, 3.8) is 0 Å². The van der Waals surface area contributed by atoms with Gasteiger partial charge in [0.1, 0.15) is 0 Å². The van der Waals surface area contributed by atoms with Gasteiger partial charge in [-0.3, -0.25) is 9.78 Å². The van der Waals surface area contributed by atoms with Gasteiger partial charge < -0.3 is 4.90 Å². The van der Waals surface area contributed by atoms with Crippen LogP contribution in [-0.2, 0) is 0 Å². The Bertz CT molecular complexity index is 627. The fourth-order valence-electron chi connectivity index (χ4n) is 2.62. The van der Waals surface area contributed by atoms with E-state index in [-0.39, 0.29) is 11.9 Å². The predicted molar refractivity (Wildman–Crippen MR) is 81.3 cm³/mol. The second-order valence-corrected chi connectivity index (χ2v) is 6.36. The molecule has 3 rings (SSSR count). The molecule has 1 unspecified atom stereocenters. The third-order valence-electron chi connectivity index (χ3n) is 3.61. The highest BCUT2D eigenvalue weighted by molar-refractivity contribution is 7.10. The third-order valence-corrected chi connectivity index (χ3v) is 4.89. The zero-order chi connectivity index (χ0) is 14.1. The van der Waals surface area contributed by atoms with Gasteiger partial charge >= 0.3 is 0 Å². The second-order valence-electron chi connectivity index (χ2n) is 4.98. The van der Waals surface area contributed by atoms with E-state index in [1.165, 1.54) is 4.88 Å². The first-order chi connectivity index (χ1) is 9.66. The second kappa shape index (κ2) is 5.54. The van der Waals surface area contributed by atoms with Crippen LogP contribution in [0.2, 0.25) is 5.02 Å². The first-order valence-corrected chi connectivity index (χ1v) is 7.89. The van der Waals surface area contributed by atoms with Crippen molar-refractivity contribution in [2.45, 2.75) is 25.8 Å². The lowest BCUT2D eigenvalue weighted by molar-refractivity contribution is 0.0737. The number of rotatable bonds is 2. The first kappa shape index (κ1) is 13.6. The van der Waals surface area contributed by atoms with Crippen molar-refractivity contribution >= 4 is 28.8 Å². The van der Waals surface area contributed by atoms with Crippen molar-refractivity contribution in [2.24, 2.45) is 0 Å². The quantitative estimate of drug-likeness (QED) is 0.837. The van der Waals surface area contributed by atoms with Gasteiger partial charge in [0.2, 0.25) is 0 Å². The first-order valence-electron chi connectivity index (χ1n) is 6.63. The Morgan fingerprint density at radius 2 is 2.40 bits per heavy atom. The van der Waals surface area contributed by atoms with Gasteiger partial charge in [-0.1, -0.05) is 17.7 Å². The minimum absolute atomic E-state index is 0.0154. The van der Waals surface area contributed by atoms with Gasteiger partial charge in [0.05, 0.1) is 16.6 Å². The Morgan fingerprint density at radius 1 is 1.55 bits per heavy atom. The molecule has 2 aromatic rings. The fourth-order valence-corrected chi connectivity index (χ4v) is 3.79. The van der Waals surface area contributed by atoms with Crippen molar-refractivity contribution < 1.29 is 4.79 Å². The molecule has 2 aromatic heterocycles. The molecule has 3 heterocycles. The highest BCUT2D eigenvalue weighted by atomic mass is 35.5. The molecular weight excluding hydrogens is 292 g/mol. The summed E-state index contributed by atoms with van der Waals surface area (Å²) in [7, 11) is 0. The molecule has 3 nitrogen and oxygen atoms in total. The number of aryl methyl sites for hydroxylation is 1. The van der Waals surface area contributed by atoms with Gasteiger partial charge in [-0.05, 0) is 37.3 Å². The van der Waals surface area contributed by atoms with Crippen molar-refractivity contribution in [2.75, 3.05) is 6.54 Å². The molecule has 0 N–H and O–H groups in total. The summed E-state index contributed by atoms with van der Waals surface area (Å²) in [5, 5.41) is 2.54. The molecular formula is C15H15ClN2OS. The number of hydrogen-bond acceptors (Lipinski definition) is 3. The smallest absolute Gasteiger partial charge is 0.257 e. The summed E-state index contributed by atoms with van der Waals surface area (Å²) in [6, 6.07) is 6.04. The Hall–Kier alpha value is -1.39. The lowest BCUT2D eigenvalue weighted by atomic mass is 10.1. The molecule has 0 bridgehead atoms. The summed E-state index contributed by atoms with van der Waals surface area (Å²) in [6.45, 7) is 2.65. The van der Waals surface area contributed by atoms with Crippen LogP contribution < -0.4 is 0 Å². The van der Waals surface area contributed by atoms with Gasteiger partial charge in [0.25, 0.3) is 5.91 Å². The van der Waals surface area contributed by atoms with Gasteiger partial charge in [-0.25, -0.2) is 0 Å². The van der Waals surface area contributed by atoms with Crippen LogP contribution >= 0.6 is 22.9 Å². The number of carbonyl (C=O) groups is 1. The SMILES string of the molecule is Cc1cc(Cl)c(C(=O)N2CCCC2c2cccs2)cn1. The lowest BCUT2D eigenvalue weighted by Gasteiger charge is -2.24. The maximum atomic E-state index is 12.7. The highest BCUT2D eigenvalue weighted by Crippen LogP contribution is 2.36. The largest absolute Gasteiger partial charge is 0.331 e. The van der Waals surface area contributed by atoms with Crippen LogP contribution in [0.15, 0.2) is 29.8 Å². The standard InChI is InChI=1S/C15H15ClN2OS/c1-10-8-12(16)11(9-17-10)15(19)18-6-2-4-13(18)14-5-3-7-20-14/h3,5,7-9,13H,2,4,6H2,1H3. The maximum Gasteiger partial charge on any atom is 0.257 e. The monoisotopic (exact) mass is 306 g/mol. The minimum Gasteiger partial charge on any atom is -0.331 e. The average molecular weight is 307 g/mol. The van der Waals surface area contributed by atoms with E-state index < -0.39 is 0 Å². The Labute approximate surface area is 127 Å². The van der Waals surface area contributed by atoms with Crippen LogP contribution in [-0.4, -0.2) is 22.3 Å². The van der Waals surface area contributed by atoms with Gasteiger partial charge in [0.15, 0.2) is 0 Å². The number of likely N-dealkylation sites (tertiary alicyclic amines) is 1. The average Bonchev–Trinajstić information content (AvgIpc) is 3.09. The summed E-state index contributed by atoms with van der Waals surface area (Å²) in [5.41, 5.74) is 1.32. The molecule has 1 fully saturated rings. The Balaban J connectivity index is 1.89.